The first-order chi connectivity index (χ1) is 7.64. The highest BCUT2D eigenvalue weighted by molar-refractivity contribution is 5.37. The monoisotopic (exact) mass is 234 g/mol. The molecule has 0 bridgehead atoms. The van der Waals surface area contributed by atoms with Gasteiger partial charge in [0.15, 0.2) is 0 Å². The minimum Gasteiger partial charge on any atom is -0.396 e. The van der Waals surface area contributed by atoms with Crippen molar-refractivity contribution in [3.63, 3.8) is 0 Å². The van der Waals surface area contributed by atoms with Crippen molar-refractivity contribution in [2.75, 3.05) is 6.61 Å². The van der Waals surface area contributed by atoms with Crippen LogP contribution in [0.25, 0.3) is 0 Å². The SMILES string of the molecule is CC(C)(C)c1cc(CCO)cc(C(C)(C)C)c1. The Morgan fingerprint density at radius 2 is 1.24 bits per heavy atom. The van der Waals surface area contributed by atoms with E-state index in [1.165, 1.54) is 16.7 Å². The summed E-state index contributed by atoms with van der Waals surface area (Å²) in [7, 11) is 0. The predicted octanol–water partition coefficient (Wildman–Crippen LogP) is 3.82. The van der Waals surface area contributed by atoms with Crippen molar-refractivity contribution in [1.82, 2.24) is 0 Å². The molecule has 0 aliphatic rings. The van der Waals surface area contributed by atoms with Crippen LogP contribution in [-0.4, -0.2) is 11.7 Å². The largest absolute Gasteiger partial charge is 0.396 e. The van der Waals surface area contributed by atoms with E-state index in [1.807, 2.05) is 0 Å². The maximum atomic E-state index is 9.11. The highest BCUT2D eigenvalue weighted by atomic mass is 16.2. The zero-order valence-corrected chi connectivity index (χ0v) is 12.1. The lowest BCUT2D eigenvalue weighted by Crippen LogP contribution is -2.17. The average molecular weight is 234 g/mol. The van der Waals surface area contributed by atoms with E-state index in [-0.39, 0.29) is 17.4 Å². The maximum absolute atomic E-state index is 9.11. The Bertz CT molecular complexity index is 345. The van der Waals surface area contributed by atoms with Gasteiger partial charge < -0.3 is 5.11 Å². The van der Waals surface area contributed by atoms with E-state index in [1.54, 1.807) is 0 Å². The van der Waals surface area contributed by atoms with Crippen molar-refractivity contribution < 1.29 is 5.11 Å². The van der Waals surface area contributed by atoms with Gasteiger partial charge in [-0.2, -0.15) is 0 Å². The molecule has 0 unspecified atom stereocenters. The molecule has 0 aliphatic heterocycles. The molecule has 0 amide bonds. The van der Waals surface area contributed by atoms with Crippen molar-refractivity contribution in [3.8, 4) is 0 Å². The molecule has 0 saturated carbocycles. The number of benzene rings is 1. The second-order valence-electron chi connectivity index (χ2n) is 6.89. The summed E-state index contributed by atoms with van der Waals surface area (Å²) in [5, 5.41) is 9.11. The molecule has 0 aliphatic carbocycles. The summed E-state index contributed by atoms with van der Waals surface area (Å²) < 4.78 is 0. The van der Waals surface area contributed by atoms with E-state index in [2.05, 4.69) is 59.7 Å². The molecule has 0 spiro atoms. The second kappa shape index (κ2) is 4.81. The van der Waals surface area contributed by atoms with Crippen LogP contribution in [0.15, 0.2) is 18.2 Å². The smallest absolute Gasteiger partial charge is 0.0471 e. The fourth-order valence-electron chi connectivity index (χ4n) is 1.83. The molecule has 1 nitrogen and oxygen atoms in total. The molecule has 0 aromatic heterocycles. The van der Waals surface area contributed by atoms with Gasteiger partial charge in [0.2, 0.25) is 0 Å². The minimum absolute atomic E-state index is 0.158. The van der Waals surface area contributed by atoms with Gasteiger partial charge in [-0.05, 0) is 33.9 Å². The van der Waals surface area contributed by atoms with Gasteiger partial charge in [0, 0.05) is 6.61 Å². The quantitative estimate of drug-likeness (QED) is 0.825. The van der Waals surface area contributed by atoms with Crippen molar-refractivity contribution in [3.05, 3.63) is 34.9 Å². The normalized spacial score (nSPS) is 12.9. The lowest BCUT2D eigenvalue weighted by molar-refractivity contribution is 0.299. The molecule has 0 atom stereocenters. The second-order valence-corrected chi connectivity index (χ2v) is 6.89. The third-order valence-corrected chi connectivity index (χ3v) is 3.13. The van der Waals surface area contributed by atoms with E-state index in [0.717, 1.165) is 6.42 Å². The highest BCUT2D eigenvalue weighted by Gasteiger charge is 2.20. The zero-order valence-electron chi connectivity index (χ0n) is 12.1. The van der Waals surface area contributed by atoms with E-state index in [9.17, 15) is 0 Å². The molecule has 0 fully saturated rings. The lowest BCUT2D eigenvalue weighted by atomic mass is 9.79. The van der Waals surface area contributed by atoms with Crippen LogP contribution >= 0.6 is 0 Å². The molecule has 1 heteroatoms. The standard InChI is InChI=1S/C16H26O/c1-15(2,3)13-9-12(7-8-17)10-14(11-13)16(4,5)6/h9-11,17H,7-8H2,1-6H3. The van der Waals surface area contributed by atoms with Crippen LogP contribution in [0, 0.1) is 0 Å². The van der Waals surface area contributed by atoms with Gasteiger partial charge in [-0.15, -0.1) is 0 Å². The van der Waals surface area contributed by atoms with Gasteiger partial charge in [-0.3, -0.25) is 0 Å². The molecular weight excluding hydrogens is 208 g/mol. The van der Waals surface area contributed by atoms with Crippen molar-refractivity contribution in [2.24, 2.45) is 0 Å². The summed E-state index contributed by atoms with van der Waals surface area (Å²) in [6, 6.07) is 6.76. The van der Waals surface area contributed by atoms with Gasteiger partial charge in [-0.1, -0.05) is 59.7 Å². The van der Waals surface area contributed by atoms with Gasteiger partial charge in [0.05, 0.1) is 0 Å². The van der Waals surface area contributed by atoms with Crippen LogP contribution in [0.2, 0.25) is 0 Å². The third-order valence-electron chi connectivity index (χ3n) is 3.13. The van der Waals surface area contributed by atoms with Crippen molar-refractivity contribution >= 4 is 0 Å². The summed E-state index contributed by atoms with van der Waals surface area (Å²) in [6.07, 6.45) is 0.743. The summed E-state index contributed by atoms with van der Waals surface area (Å²) >= 11 is 0. The van der Waals surface area contributed by atoms with Gasteiger partial charge >= 0.3 is 0 Å². The number of rotatable bonds is 2. The Morgan fingerprint density at radius 1 is 0.824 bits per heavy atom. The Morgan fingerprint density at radius 3 is 1.53 bits per heavy atom. The topological polar surface area (TPSA) is 20.2 Å². The van der Waals surface area contributed by atoms with Crippen molar-refractivity contribution in [2.45, 2.75) is 58.8 Å². The molecule has 0 radical (unpaired) electrons. The molecule has 1 aromatic carbocycles. The summed E-state index contributed by atoms with van der Waals surface area (Å²) in [5.74, 6) is 0. The van der Waals surface area contributed by atoms with Crippen molar-refractivity contribution in [1.29, 1.82) is 0 Å². The Kier molecular flexibility index (Phi) is 4.03. The van der Waals surface area contributed by atoms with Crippen LogP contribution in [0.4, 0.5) is 0 Å². The summed E-state index contributed by atoms with van der Waals surface area (Å²) in [6.45, 7) is 13.6. The lowest BCUT2D eigenvalue weighted by Gasteiger charge is -2.26. The zero-order chi connectivity index (χ0) is 13.3. The van der Waals surface area contributed by atoms with E-state index >= 15 is 0 Å². The molecule has 96 valence electrons. The number of aliphatic hydroxyl groups is 1. The van der Waals surface area contributed by atoms with E-state index in [0.29, 0.717) is 0 Å². The maximum Gasteiger partial charge on any atom is 0.0471 e. The highest BCUT2D eigenvalue weighted by Crippen LogP contribution is 2.30. The molecular formula is C16H26O. The minimum atomic E-state index is 0.158. The molecule has 1 aromatic rings. The van der Waals surface area contributed by atoms with E-state index < -0.39 is 0 Å². The average Bonchev–Trinajstić information content (AvgIpc) is 2.15. The van der Waals surface area contributed by atoms with Crippen LogP contribution in [0.3, 0.4) is 0 Å². The Balaban J connectivity index is 3.29. The molecule has 0 heterocycles. The number of aliphatic hydroxyl groups excluding tert-OH is 1. The van der Waals surface area contributed by atoms with Crippen LogP contribution < -0.4 is 0 Å². The Hall–Kier alpha value is -0.820. The molecule has 17 heavy (non-hydrogen) atoms. The van der Waals surface area contributed by atoms with Crippen LogP contribution in [-0.2, 0) is 17.3 Å². The fourth-order valence-corrected chi connectivity index (χ4v) is 1.83. The Labute approximate surface area is 106 Å². The predicted molar refractivity (Wildman–Crippen MR) is 74.6 cm³/mol. The summed E-state index contributed by atoms with van der Waals surface area (Å²) in [5.41, 5.74) is 4.27. The fraction of sp³-hybridized carbons (Fsp3) is 0.625. The molecule has 1 N–H and O–H groups in total. The van der Waals surface area contributed by atoms with Gasteiger partial charge in [0.25, 0.3) is 0 Å². The molecule has 1 rings (SSSR count). The van der Waals surface area contributed by atoms with Crippen LogP contribution in [0.5, 0.6) is 0 Å². The van der Waals surface area contributed by atoms with Gasteiger partial charge in [0.1, 0.15) is 0 Å². The van der Waals surface area contributed by atoms with E-state index in [4.69, 9.17) is 5.11 Å². The molecule has 0 saturated heterocycles. The number of hydrogen-bond acceptors (Lipinski definition) is 1. The van der Waals surface area contributed by atoms with Crippen LogP contribution in [0.1, 0.15) is 58.2 Å². The first-order valence-corrected chi connectivity index (χ1v) is 6.40. The third kappa shape index (κ3) is 3.85. The number of hydrogen-bond donors (Lipinski definition) is 1. The van der Waals surface area contributed by atoms with Gasteiger partial charge in [-0.25, -0.2) is 0 Å². The first kappa shape index (κ1) is 14.2. The first-order valence-electron chi connectivity index (χ1n) is 6.40. The summed E-state index contributed by atoms with van der Waals surface area (Å²) in [4.78, 5) is 0.